The van der Waals surface area contributed by atoms with Gasteiger partial charge in [0.2, 0.25) is 5.43 Å². The molecule has 2 aromatic carbocycles. The number of alkyl halides is 3. The van der Waals surface area contributed by atoms with E-state index in [1.807, 2.05) is 0 Å². The second-order valence-corrected chi connectivity index (χ2v) is 5.82. The van der Waals surface area contributed by atoms with Gasteiger partial charge in [0.25, 0.3) is 5.91 Å². The van der Waals surface area contributed by atoms with E-state index in [1.165, 1.54) is 31.4 Å². The van der Waals surface area contributed by atoms with Crippen molar-refractivity contribution in [2.45, 2.75) is 6.18 Å². The van der Waals surface area contributed by atoms with E-state index in [0.29, 0.717) is 0 Å². The quantitative estimate of drug-likeness (QED) is 0.669. The van der Waals surface area contributed by atoms with Crippen molar-refractivity contribution in [3.8, 4) is 0 Å². The summed E-state index contributed by atoms with van der Waals surface area (Å²) in [5.41, 5.74) is -1.50. The highest BCUT2D eigenvalue weighted by Crippen LogP contribution is 2.30. The molecule has 6 nitrogen and oxygen atoms in total. The van der Waals surface area contributed by atoms with Gasteiger partial charge < -0.3 is 15.0 Å². The summed E-state index contributed by atoms with van der Waals surface area (Å²) < 4.78 is 43.0. The molecule has 1 amide bonds. The molecule has 0 radical (unpaired) electrons. The third-order valence-corrected chi connectivity index (χ3v) is 3.99. The number of carbonyl (C=O) groups excluding carboxylic acids is 2. The molecule has 0 spiro atoms. The number of esters is 1. The molecule has 28 heavy (non-hydrogen) atoms. The van der Waals surface area contributed by atoms with Crippen LogP contribution >= 0.6 is 0 Å². The number of hydrogen-bond donors (Lipinski definition) is 2. The zero-order chi connectivity index (χ0) is 20.5. The number of H-pyrrole nitrogens is 1. The van der Waals surface area contributed by atoms with Gasteiger partial charge in [-0.3, -0.25) is 9.59 Å². The number of ether oxygens (including phenoxy) is 1. The number of aromatic amines is 1. The summed E-state index contributed by atoms with van der Waals surface area (Å²) in [6.45, 7) is 0. The first kappa shape index (κ1) is 19.2. The standard InChI is InChI=1S/C19H13F3N2O4/c1-28-18(27)10-3-2-4-12(7-10)24-17(26)14-9-23-15-8-11(19(20,21)22)5-6-13(15)16(14)25/h2-9H,1H3,(H,23,25)(H,24,26). The van der Waals surface area contributed by atoms with Gasteiger partial charge in [-0.15, -0.1) is 0 Å². The first-order chi connectivity index (χ1) is 13.2. The molecule has 0 saturated carbocycles. The molecule has 0 aliphatic carbocycles. The normalized spacial score (nSPS) is 11.3. The maximum atomic E-state index is 12.8. The van der Waals surface area contributed by atoms with Gasteiger partial charge >= 0.3 is 12.1 Å². The molecule has 0 fully saturated rings. The number of hydrogen-bond acceptors (Lipinski definition) is 4. The van der Waals surface area contributed by atoms with Crippen LogP contribution in [0.4, 0.5) is 18.9 Å². The van der Waals surface area contributed by atoms with E-state index in [2.05, 4.69) is 15.0 Å². The number of pyridine rings is 1. The van der Waals surface area contributed by atoms with Crippen molar-refractivity contribution in [2.75, 3.05) is 12.4 Å². The van der Waals surface area contributed by atoms with Crippen LogP contribution in [0.25, 0.3) is 10.9 Å². The highest BCUT2D eigenvalue weighted by Gasteiger charge is 2.30. The minimum atomic E-state index is -4.55. The van der Waals surface area contributed by atoms with E-state index >= 15 is 0 Å². The predicted octanol–water partition coefficient (Wildman–Crippen LogP) is 3.59. The van der Waals surface area contributed by atoms with E-state index < -0.39 is 29.0 Å². The van der Waals surface area contributed by atoms with E-state index in [0.717, 1.165) is 24.4 Å². The monoisotopic (exact) mass is 390 g/mol. The second-order valence-electron chi connectivity index (χ2n) is 5.82. The Balaban J connectivity index is 1.93. The molecule has 1 aromatic heterocycles. The summed E-state index contributed by atoms with van der Waals surface area (Å²) in [6, 6.07) is 8.49. The SMILES string of the molecule is COC(=O)c1cccc(NC(=O)c2c[nH]c3cc(C(F)(F)F)ccc3c2=O)c1. The smallest absolute Gasteiger partial charge is 0.416 e. The van der Waals surface area contributed by atoms with Crippen molar-refractivity contribution in [3.05, 3.63) is 75.6 Å². The Morgan fingerprint density at radius 3 is 2.54 bits per heavy atom. The number of fused-ring (bicyclic) bond motifs is 1. The highest BCUT2D eigenvalue weighted by molar-refractivity contribution is 6.06. The van der Waals surface area contributed by atoms with Crippen molar-refractivity contribution in [2.24, 2.45) is 0 Å². The number of aromatic nitrogens is 1. The molecule has 3 aromatic rings. The molecule has 0 atom stereocenters. The van der Waals surface area contributed by atoms with Crippen LogP contribution in [0.2, 0.25) is 0 Å². The first-order valence-corrected chi connectivity index (χ1v) is 7.93. The molecule has 0 aliphatic heterocycles. The van der Waals surface area contributed by atoms with Crippen LogP contribution in [0.5, 0.6) is 0 Å². The van der Waals surface area contributed by atoms with E-state index in [1.54, 1.807) is 0 Å². The van der Waals surface area contributed by atoms with Gasteiger partial charge in [-0.25, -0.2) is 4.79 Å². The number of nitrogens with one attached hydrogen (secondary N) is 2. The number of rotatable bonds is 3. The van der Waals surface area contributed by atoms with Crippen LogP contribution in [0.1, 0.15) is 26.3 Å². The highest BCUT2D eigenvalue weighted by atomic mass is 19.4. The van der Waals surface area contributed by atoms with Crippen molar-refractivity contribution in [3.63, 3.8) is 0 Å². The first-order valence-electron chi connectivity index (χ1n) is 7.93. The van der Waals surface area contributed by atoms with Crippen LogP contribution in [0.3, 0.4) is 0 Å². The molecule has 0 aliphatic rings. The molecule has 2 N–H and O–H groups in total. The summed E-state index contributed by atoms with van der Waals surface area (Å²) in [5, 5.41) is 2.42. The van der Waals surface area contributed by atoms with Gasteiger partial charge in [0.15, 0.2) is 0 Å². The fourth-order valence-corrected chi connectivity index (χ4v) is 2.61. The van der Waals surface area contributed by atoms with Crippen molar-refractivity contribution in [1.82, 2.24) is 4.98 Å². The van der Waals surface area contributed by atoms with Crippen molar-refractivity contribution in [1.29, 1.82) is 0 Å². The summed E-state index contributed by atoms with van der Waals surface area (Å²) in [5.74, 6) is -1.37. The van der Waals surface area contributed by atoms with Gasteiger partial charge in [0, 0.05) is 22.8 Å². The van der Waals surface area contributed by atoms with Gasteiger partial charge in [0.1, 0.15) is 5.56 Å². The fraction of sp³-hybridized carbons (Fsp3) is 0.105. The van der Waals surface area contributed by atoms with Crippen LogP contribution in [-0.2, 0) is 10.9 Å². The summed E-state index contributed by atoms with van der Waals surface area (Å²) in [7, 11) is 1.21. The average molecular weight is 390 g/mol. The van der Waals surface area contributed by atoms with E-state index in [4.69, 9.17) is 0 Å². The topological polar surface area (TPSA) is 88.3 Å². The van der Waals surface area contributed by atoms with Crippen molar-refractivity contribution < 1.29 is 27.5 Å². The van der Waals surface area contributed by atoms with Gasteiger partial charge in [-0.2, -0.15) is 13.2 Å². The van der Waals surface area contributed by atoms with Gasteiger partial charge in [0.05, 0.1) is 18.2 Å². The third-order valence-electron chi connectivity index (χ3n) is 3.99. The van der Waals surface area contributed by atoms with Crippen LogP contribution in [0.15, 0.2) is 53.5 Å². The molecule has 0 bridgehead atoms. The third kappa shape index (κ3) is 3.73. The zero-order valence-electron chi connectivity index (χ0n) is 14.4. The van der Waals surface area contributed by atoms with Crippen LogP contribution < -0.4 is 10.7 Å². The van der Waals surface area contributed by atoms with Crippen LogP contribution in [-0.4, -0.2) is 24.0 Å². The lowest BCUT2D eigenvalue weighted by Gasteiger charge is -2.09. The maximum Gasteiger partial charge on any atom is 0.416 e. The summed E-state index contributed by atoms with van der Waals surface area (Å²) in [4.78, 5) is 39.0. The Morgan fingerprint density at radius 1 is 1.11 bits per heavy atom. The molecule has 144 valence electrons. The molecule has 3 rings (SSSR count). The maximum absolute atomic E-state index is 12.8. The number of anilines is 1. The fourth-order valence-electron chi connectivity index (χ4n) is 2.61. The molecule has 0 unspecified atom stereocenters. The molecule has 0 saturated heterocycles. The molecule has 9 heteroatoms. The number of methoxy groups -OCH3 is 1. The predicted molar refractivity (Wildman–Crippen MR) is 95.3 cm³/mol. The Hall–Kier alpha value is -3.62. The number of benzene rings is 2. The lowest BCUT2D eigenvalue weighted by atomic mass is 10.1. The Bertz CT molecular complexity index is 1140. The van der Waals surface area contributed by atoms with Gasteiger partial charge in [-0.1, -0.05) is 6.07 Å². The number of carbonyl (C=O) groups is 2. The molecular weight excluding hydrogens is 377 g/mol. The number of amides is 1. The second kappa shape index (κ2) is 7.18. The Labute approximate surface area is 155 Å². The zero-order valence-corrected chi connectivity index (χ0v) is 14.4. The van der Waals surface area contributed by atoms with E-state index in [9.17, 15) is 27.6 Å². The summed E-state index contributed by atoms with van der Waals surface area (Å²) in [6.07, 6.45) is -3.50. The minimum absolute atomic E-state index is 0.0379. The van der Waals surface area contributed by atoms with E-state index in [-0.39, 0.29) is 27.7 Å². The van der Waals surface area contributed by atoms with Gasteiger partial charge in [-0.05, 0) is 36.4 Å². The Kier molecular flexibility index (Phi) is 4.91. The average Bonchev–Trinajstić information content (AvgIpc) is 2.66. The molecule has 1 heterocycles. The lowest BCUT2D eigenvalue weighted by molar-refractivity contribution is -0.137. The van der Waals surface area contributed by atoms with Crippen LogP contribution in [0, 0.1) is 0 Å². The van der Waals surface area contributed by atoms with Crippen molar-refractivity contribution >= 4 is 28.5 Å². The Morgan fingerprint density at radius 2 is 1.86 bits per heavy atom. The minimum Gasteiger partial charge on any atom is -0.465 e. The lowest BCUT2D eigenvalue weighted by Crippen LogP contribution is -2.22. The largest absolute Gasteiger partial charge is 0.465 e. The summed E-state index contributed by atoms with van der Waals surface area (Å²) >= 11 is 0. The molecular formula is C19H13F3N2O4. The number of halogens is 3.